The molecule has 0 aromatic heterocycles. The Hall–Kier alpha value is -0.0800. The van der Waals surface area contributed by atoms with E-state index in [1.807, 2.05) is 0 Å². The molecule has 0 saturated carbocycles. The second kappa shape index (κ2) is 4.83. The Morgan fingerprint density at radius 1 is 1.50 bits per heavy atom. The van der Waals surface area contributed by atoms with Crippen LogP contribution < -0.4 is 5.32 Å². The molecule has 72 valence electrons. The first kappa shape index (κ1) is 10.0. The predicted octanol–water partition coefficient (Wildman–Crippen LogP) is 1.80. The van der Waals surface area contributed by atoms with Gasteiger partial charge in [0.25, 0.3) is 0 Å². The van der Waals surface area contributed by atoms with E-state index in [1.54, 1.807) is 0 Å². The van der Waals surface area contributed by atoms with Gasteiger partial charge in [-0.2, -0.15) is 0 Å². The average Bonchev–Trinajstić information content (AvgIpc) is 2.36. The zero-order chi connectivity index (χ0) is 8.97. The van der Waals surface area contributed by atoms with Crippen molar-refractivity contribution in [3.63, 3.8) is 0 Å². The third-order valence-electron chi connectivity index (χ3n) is 2.50. The van der Waals surface area contributed by atoms with Gasteiger partial charge in [0.05, 0.1) is 6.10 Å². The summed E-state index contributed by atoms with van der Waals surface area (Å²) in [7, 11) is 0. The lowest BCUT2D eigenvalue weighted by Crippen LogP contribution is -2.35. The van der Waals surface area contributed by atoms with Crippen molar-refractivity contribution >= 4 is 0 Å². The van der Waals surface area contributed by atoms with Gasteiger partial charge in [0, 0.05) is 12.6 Å². The molecule has 1 fully saturated rings. The highest BCUT2D eigenvalue weighted by Gasteiger charge is 2.22. The summed E-state index contributed by atoms with van der Waals surface area (Å²) in [6, 6.07) is 0.601. The van der Waals surface area contributed by atoms with Gasteiger partial charge in [-0.05, 0) is 32.2 Å². The van der Waals surface area contributed by atoms with Crippen molar-refractivity contribution in [3.8, 4) is 0 Å². The quantitative estimate of drug-likeness (QED) is 0.696. The van der Waals surface area contributed by atoms with Crippen molar-refractivity contribution < 1.29 is 4.74 Å². The molecule has 1 aliphatic rings. The number of hydrogen-bond acceptors (Lipinski definition) is 2. The summed E-state index contributed by atoms with van der Waals surface area (Å²) in [4.78, 5) is 0. The highest BCUT2D eigenvalue weighted by molar-refractivity contribution is 4.78. The van der Waals surface area contributed by atoms with E-state index in [4.69, 9.17) is 4.74 Å². The van der Waals surface area contributed by atoms with Gasteiger partial charge in [-0.3, -0.25) is 0 Å². The van der Waals surface area contributed by atoms with E-state index in [0.29, 0.717) is 12.1 Å². The Kier molecular flexibility index (Phi) is 4.02. The molecule has 1 rings (SSSR count). The molecule has 0 spiro atoms. The Balaban J connectivity index is 2.06. The molecule has 12 heavy (non-hydrogen) atoms. The molecule has 1 aliphatic heterocycles. The third-order valence-corrected chi connectivity index (χ3v) is 2.50. The van der Waals surface area contributed by atoms with E-state index in [2.05, 4.69) is 26.1 Å². The van der Waals surface area contributed by atoms with Crippen LogP contribution in [0.25, 0.3) is 0 Å². The van der Waals surface area contributed by atoms with Crippen LogP contribution in [0.5, 0.6) is 0 Å². The van der Waals surface area contributed by atoms with Gasteiger partial charge in [-0.1, -0.05) is 13.8 Å². The molecule has 0 unspecified atom stereocenters. The summed E-state index contributed by atoms with van der Waals surface area (Å²) in [6.07, 6.45) is 2.86. The molecule has 2 heteroatoms. The van der Waals surface area contributed by atoms with Crippen molar-refractivity contribution in [1.29, 1.82) is 0 Å². The number of rotatable bonds is 4. The van der Waals surface area contributed by atoms with Crippen LogP contribution in [0.15, 0.2) is 0 Å². The van der Waals surface area contributed by atoms with Crippen LogP contribution in [0.3, 0.4) is 0 Å². The van der Waals surface area contributed by atoms with Crippen LogP contribution in [-0.4, -0.2) is 25.3 Å². The first-order valence-corrected chi connectivity index (χ1v) is 5.05. The molecular weight excluding hydrogens is 150 g/mol. The molecule has 1 saturated heterocycles. The van der Waals surface area contributed by atoms with Gasteiger partial charge < -0.3 is 10.1 Å². The molecule has 2 atom stereocenters. The van der Waals surface area contributed by atoms with E-state index >= 15 is 0 Å². The molecule has 0 aromatic rings. The maximum atomic E-state index is 5.46. The van der Waals surface area contributed by atoms with E-state index in [9.17, 15) is 0 Å². The molecule has 0 aromatic carbocycles. The molecular formula is C10H21NO. The van der Waals surface area contributed by atoms with Gasteiger partial charge in [0.2, 0.25) is 0 Å². The summed E-state index contributed by atoms with van der Waals surface area (Å²) < 4.78 is 5.46. The zero-order valence-corrected chi connectivity index (χ0v) is 8.47. The SMILES string of the molecule is CC(C)CCN[C@H]1CCO[C@H]1C. The van der Waals surface area contributed by atoms with E-state index < -0.39 is 0 Å². The number of hydrogen-bond donors (Lipinski definition) is 1. The zero-order valence-electron chi connectivity index (χ0n) is 8.47. The normalized spacial score (nSPS) is 30.0. The van der Waals surface area contributed by atoms with Crippen molar-refractivity contribution in [3.05, 3.63) is 0 Å². The standard InChI is InChI=1S/C10H21NO/c1-8(2)4-6-11-10-5-7-12-9(10)3/h8-11H,4-7H2,1-3H3/t9-,10-/m0/s1. The van der Waals surface area contributed by atoms with Crippen molar-refractivity contribution in [1.82, 2.24) is 5.32 Å². The summed E-state index contributed by atoms with van der Waals surface area (Å²) in [5.41, 5.74) is 0. The number of ether oxygens (including phenoxy) is 1. The highest BCUT2D eigenvalue weighted by Crippen LogP contribution is 2.12. The van der Waals surface area contributed by atoms with Crippen molar-refractivity contribution in [2.24, 2.45) is 5.92 Å². The van der Waals surface area contributed by atoms with Gasteiger partial charge in [0.1, 0.15) is 0 Å². The van der Waals surface area contributed by atoms with Gasteiger partial charge in [-0.15, -0.1) is 0 Å². The van der Waals surface area contributed by atoms with Gasteiger partial charge in [0.15, 0.2) is 0 Å². The Morgan fingerprint density at radius 2 is 2.25 bits per heavy atom. The van der Waals surface area contributed by atoms with E-state index in [-0.39, 0.29) is 0 Å². The van der Waals surface area contributed by atoms with Crippen LogP contribution in [0.4, 0.5) is 0 Å². The Morgan fingerprint density at radius 3 is 2.75 bits per heavy atom. The molecule has 0 aliphatic carbocycles. The molecule has 2 nitrogen and oxygen atoms in total. The average molecular weight is 171 g/mol. The topological polar surface area (TPSA) is 21.3 Å². The van der Waals surface area contributed by atoms with Crippen molar-refractivity contribution in [2.75, 3.05) is 13.2 Å². The lowest BCUT2D eigenvalue weighted by molar-refractivity contribution is 0.113. The summed E-state index contributed by atoms with van der Waals surface area (Å²) in [5.74, 6) is 0.801. The minimum atomic E-state index is 0.414. The predicted molar refractivity (Wildman–Crippen MR) is 51.3 cm³/mol. The van der Waals surface area contributed by atoms with Crippen molar-refractivity contribution in [2.45, 2.75) is 45.8 Å². The Bertz CT molecular complexity index is 125. The van der Waals surface area contributed by atoms with Crippen LogP contribution >= 0.6 is 0 Å². The third kappa shape index (κ3) is 3.11. The molecule has 1 N–H and O–H groups in total. The second-order valence-electron chi connectivity index (χ2n) is 4.11. The van der Waals surface area contributed by atoms with Crippen LogP contribution in [-0.2, 0) is 4.74 Å². The largest absolute Gasteiger partial charge is 0.377 e. The first-order valence-electron chi connectivity index (χ1n) is 5.05. The van der Waals surface area contributed by atoms with E-state index in [0.717, 1.165) is 19.1 Å². The fraction of sp³-hybridized carbons (Fsp3) is 1.00. The first-order chi connectivity index (χ1) is 5.70. The molecule has 1 heterocycles. The summed E-state index contributed by atoms with van der Waals surface area (Å²) >= 11 is 0. The minimum Gasteiger partial charge on any atom is -0.377 e. The van der Waals surface area contributed by atoms with E-state index in [1.165, 1.54) is 12.8 Å². The summed E-state index contributed by atoms with van der Waals surface area (Å²) in [6.45, 7) is 8.74. The summed E-state index contributed by atoms with van der Waals surface area (Å²) in [5, 5.41) is 3.54. The molecule has 0 bridgehead atoms. The Labute approximate surface area is 75.7 Å². The van der Waals surface area contributed by atoms with Crippen LogP contribution in [0.2, 0.25) is 0 Å². The van der Waals surface area contributed by atoms with Crippen LogP contribution in [0, 0.1) is 5.92 Å². The van der Waals surface area contributed by atoms with Gasteiger partial charge in [-0.25, -0.2) is 0 Å². The smallest absolute Gasteiger partial charge is 0.0700 e. The maximum Gasteiger partial charge on any atom is 0.0700 e. The minimum absolute atomic E-state index is 0.414. The monoisotopic (exact) mass is 171 g/mol. The fourth-order valence-corrected chi connectivity index (χ4v) is 1.56. The highest BCUT2D eigenvalue weighted by atomic mass is 16.5. The lowest BCUT2D eigenvalue weighted by Gasteiger charge is -2.16. The number of nitrogens with one attached hydrogen (secondary N) is 1. The fourth-order valence-electron chi connectivity index (χ4n) is 1.56. The second-order valence-corrected chi connectivity index (χ2v) is 4.11. The van der Waals surface area contributed by atoms with Crippen LogP contribution in [0.1, 0.15) is 33.6 Å². The molecule has 0 amide bonds. The molecule has 0 radical (unpaired) electrons. The lowest BCUT2D eigenvalue weighted by atomic mass is 10.1. The maximum absolute atomic E-state index is 5.46. The van der Waals surface area contributed by atoms with Gasteiger partial charge >= 0.3 is 0 Å².